The zero-order valence-electron chi connectivity index (χ0n) is 16.8. The minimum Gasteiger partial charge on any atom is -0.342 e. The van der Waals surface area contributed by atoms with Crippen molar-refractivity contribution in [1.29, 1.82) is 0 Å². The van der Waals surface area contributed by atoms with Gasteiger partial charge < -0.3 is 10.3 Å². The number of carbonyl (C=O) groups excluding carboxylic acids is 1. The topological polar surface area (TPSA) is 101 Å². The van der Waals surface area contributed by atoms with Gasteiger partial charge in [0, 0.05) is 4.88 Å². The summed E-state index contributed by atoms with van der Waals surface area (Å²) in [6, 6.07) is 7.65. The summed E-state index contributed by atoms with van der Waals surface area (Å²) in [5, 5.41) is 15.3. The normalized spacial score (nSPS) is 13.5. The molecule has 1 amide bonds. The van der Waals surface area contributed by atoms with Crippen molar-refractivity contribution in [3.05, 3.63) is 52.4 Å². The Bertz CT molecular complexity index is 1110. The molecular formula is C20H23N7OS. The second-order valence-electron chi connectivity index (χ2n) is 7.19. The zero-order chi connectivity index (χ0) is 20.5. The number of benzene rings is 1. The van der Waals surface area contributed by atoms with Gasteiger partial charge in [-0.3, -0.25) is 4.79 Å². The fourth-order valence-corrected chi connectivity index (χ4v) is 4.41. The lowest BCUT2D eigenvalue weighted by atomic mass is 9.98. The van der Waals surface area contributed by atoms with Crippen molar-refractivity contribution < 1.29 is 4.79 Å². The quantitative estimate of drug-likeness (QED) is 0.505. The van der Waals surface area contributed by atoms with E-state index in [4.69, 9.17) is 4.98 Å². The number of hydrogen-bond donors (Lipinski definition) is 2. The summed E-state index contributed by atoms with van der Waals surface area (Å²) >= 11 is 1.50. The first-order valence-electron chi connectivity index (χ1n) is 9.58. The molecule has 0 saturated carbocycles. The maximum Gasteiger partial charge on any atom is 0.255 e. The molecule has 3 aromatic heterocycles. The van der Waals surface area contributed by atoms with Gasteiger partial charge in [0.05, 0.1) is 22.6 Å². The number of H-pyrrole nitrogens is 1. The number of para-hydroxylation sites is 2. The van der Waals surface area contributed by atoms with E-state index in [0.717, 1.165) is 38.7 Å². The molecule has 0 aliphatic rings. The van der Waals surface area contributed by atoms with Gasteiger partial charge in [-0.2, -0.15) is 4.68 Å². The third-order valence-corrected chi connectivity index (χ3v) is 6.55. The SMILES string of the molecule is CC[C@H](C)[C@H](NC(=O)c1c(-n2cnnn2)sc(C)c1C)c1nc2ccccc2[nH]1. The van der Waals surface area contributed by atoms with Crippen LogP contribution in [0.25, 0.3) is 16.0 Å². The Morgan fingerprint density at radius 2 is 2.10 bits per heavy atom. The van der Waals surface area contributed by atoms with E-state index in [1.165, 1.54) is 17.7 Å². The maximum atomic E-state index is 13.4. The van der Waals surface area contributed by atoms with E-state index >= 15 is 0 Å². The molecule has 4 rings (SSSR count). The lowest BCUT2D eigenvalue weighted by Crippen LogP contribution is -2.34. The van der Waals surface area contributed by atoms with Gasteiger partial charge in [-0.15, -0.1) is 16.4 Å². The predicted octanol–water partition coefficient (Wildman–Crippen LogP) is 3.73. The highest BCUT2D eigenvalue weighted by Crippen LogP contribution is 2.32. The van der Waals surface area contributed by atoms with E-state index in [-0.39, 0.29) is 17.9 Å². The number of nitrogens with one attached hydrogen (secondary N) is 2. The molecule has 0 aliphatic carbocycles. The number of aryl methyl sites for hydroxylation is 1. The molecule has 0 bridgehead atoms. The van der Waals surface area contributed by atoms with Crippen LogP contribution >= 0.6 is 11.3 Å². The van der Waals surface area contributed by atoms with Crippen molar-refractivity contribution in [2.45, 2.75) is 40.2 Å². The molecule has 0 aliphatic heterocycles. The number of fused-ring (bicyclic) bond motifs is 1. The first-order chi connectivity index (χ1) is 14.0. The molecule has 150 valence electrons. The Morgan fingerprint density at radius 3 is 2.79 bits per heavy atom. The number of rotatable bonds is 6. The lowest BCUT2D eigenvalue weighted by molar-refractivity contribution is 0.0920. The Kier molecular flexibility index (Phi) is 5.14. The molecule has 2 atom stereocenters. The molecule has 9 heteroatoms. The monoisotopic (exact) mass is 409 g/mol. The Hall–Kier alpha value is -3.07. The highest BCUT2D eigenvalue weighted by atomic mass is 32.1. The number of carbonyl (C=O) groups is 1. The van der Waals surface area contributed by atoms with E-state index in [1.54, 1.807) is 4.68 Å². The van der Waals surface area contributed by atoms with E-state index < -0.39 is 0 Å². The lowest BCUT2D eigenvalue weighted by Gasteiger charge is -2.22. The maximum absolute atomic E-state index is 13.4. The van der Waals surface area contributed by atoms with Crippen LogP contribution in [0.1, 0.15) is 52.9 Å². The number of thiophene rings is 1. The minimum atomic E-state index is -0.235. The van der Waals surface area contributed by atoms with Crippen LogP contribution in [0, 0.1) is 19.8 Å². The number of imidazole rings is 1. The first kappa shape index (κ1) is 19.3. The number of nitrogens with zero attached hydrogens (tertiary/aromatic N) is 5. The number of aromatic nitrogens is 6. The molecule has 0 fully saturated rings. The van der Waals surface area contributed by atoms with Crippen LogP contribution in [0.5, 0.6) is 0 Å². The minimum absolute atomic E-state index is 0.150. The average molecular weight is 410 g/mol. The number of hydrogen-bond acceptors (Lipinski definition) is 6. The van der Waals surface area contributed by atoms with Gasteiger partial charge in [0.15, 0.2) is 0 Å². The van der Waals surface area contributed by atoms with E-state index in [1.807, 2.05) is 38.1 Å². The number of aromatic amines is 1. The molecule has 0 saturated heterocycles. The molecule has 1 aromatic carbocycles. The van der Waals surface area contributed by atoms with Crippen molar-refractivity contribution in [3.63, 3.8) is 0 Å². The van der Waals surface area contributed by atoms with E-state index in [0.29, 0.717) is 5.56 Å². The Labute approximate surface area is 172 Å². The van der Waals surface area contributed by atoms with Gasteiger partial charge in [-0.25, -0.2) is 4.98 Å². The third kappa shape index (κ3) is 3.53. The van der Waals surface area contributed by atoms with Crippen LogP contribution in [-0.2, 0) is 0 Å². The highest BCUT2D eigenvalue weighted by molar-refractivity contribution is 7.15. The van der Waals surface area contributed by atoms with Crippen LogP contribution in [0.2, 0.25) is 0 Å². The van der Waals surface area contributed by atoms with Gasteiger partial charge in [0.25, 0.3) is 5.91 Å². The fraction of sp³-hybridized carbons (Fsp3) is 0.350. The summed E-state index contributed by atoms with van der Waals surface area (Å²) in [6.45, 7) is 8.18. The average Bonchev–Trinajstić information content (AvgIpc) is 3.45. The molecule has 8 nitrogen and oxygen atoms in total. The largest absolute Gasteiger partial charge is 0.342 e. The van der Waals surface area contributed by atoms with Gasteiger partial charge in [0.1, 0.15) is 17.2 Å². The fourth-order valence-electron chi connectivity index (χ4n) is 3.34. The molecule has 0 spiro atoms. The van der Waals surface area contributed by atoms with Crippen molar-refractivity contribution in [3.8, 4) is 5.00 Å². The molecule has 3 heterocycles. The highest BCUT2D eigenvalue weighted by Gasteiger charge is 2.28. The predicted molar refractivity (Wildman–Crippen MR) is 112 cm³/mol. The van der Waals surface area contributed by atoms with E-state index in [2.05, 4.69) is 39.7 Å². The molecule has 0 radical (unpaired) electrons. The summed E-state index contributed by atoms with van der Waals surface area (Å²) in [5.74, 6) is 0.821. The number of amides is 1. The first-order valence-corrected chi connectivity index (χ1v) is 10.4. The zero-order valence-corrected chi connectivity index (χ0v) is 17.6. The third-order valence-electron chi connectivity index (χ3n) is 5.35. The van der Waals surface area contributed by atoms with Crippen LogP contribution in [0.4, 0.5) is 0 Å². The van der Waals surface area contributed by atoms with Crippen molar-refractivity contribution in [1.82, 2.24) is 35.5 Å². The van der Waals surface area contributed by atoms with E-state index in [9.17, 15) is 4.79 Å². The Balaban J connectivity index is 1.71. The summed E-state index contributed by atoms with van der Waals surface area (Å²) in [7, 11) is 0. The Morgan fingerprint density at radius 1 is 1.31 bits per heavy atom. The smallest absolute Gasteiger partial charge is 0.255 e. The van der Waals surface area contributed by atoms with Crippen LogP contribution in [0.3, 0.4) is 0 Å². The summed E-state index contributed by atoms with van der Waals surface area (Å²) in [4.78, 5) is 22.5. The second kappa shape index (κ2) is 7.75. The van der Waals surface area contributed by atoms with Gasteiger partial charge >= 0.3 is 0 Å². The standard InChI is InChI=1S/C20H23N7OS/c1-5-11(2)17(18-22-14-8-6-7-9-15(14)23-18)24-19(28)16-12(3)13(4)29-20(16)27-10-21-25-26-27/h6-11,17H,5H2,1-4H3,(H,22,23)(H,24,28)/t11-,17-/m0/s1. The van der Waals surface area contributed by atoms with Gasteiger partial charge in [-0.1, -0.05) is 32.4 Å². The van der Waals surface area contributed by atoms with Crippen molar-refractivity contribution in [2.75, 3.05) is 0 Å². The molecule has 2 N–H and O–H groups in total. The summed E-state index contributed by atoms with van der Waals surface area (Å²) in [6.07, 6.45) is 2.41. The number of tetrazole rings is 1. The van der Waals surface area contributed by atoms with Crippen molar-refractivity contribution >= 4 is 28.3 Å². The second-order valence-corrected chi connectivity index (χ2v) is 8.40. The summed E-state index contributed by atoms with van der Waals surface area (Å²) < 4.78 is 1.54. The van der Waals surface area contributed by atoms with Crippen LogP contribution < -0.4 is 5.32 Å². The molecule has 29 heavy (non-hydrogen) atoms. The molecule has 4 aromatic rings. The van der Waals surface area contributed by atoms with Gasteiger partial charge in [0.2, 0.25) is 0 Å². The summed E-state index contributed by atoms with van der Waals surface area (Å²) in [5.41, 5.74) is 3.39. The van der Waals surface area contributed by atoms with Gasteiger partial charge in [-0.05, 0) is 47.9 Å². The van der Waals surface area contributed by atoms with Crippen LogP contribution in [0.15, 0.2) is 30.6 Å². The van der Waals surface area contributed by atoms with Crippen molar-refractivity contribution in [2.24, 2.45) is 5.92 Å². The van der Waals surface area contributed by atoms with Crippen LogP contribution in [-0.4, -0.2) is 36.1 Å². The molecular weight excluding hydrogens is 386 g/mol. The molecule has 0 unspecified atom stereocenters.